The molecule has 0 spiro atoms. The van der Waals surface area contributed by atoms with Crippen LogP contribution >= 0.6 is 0 Å². The highest BCUT2D eigenvalue weighted by molar-refractivity contribution is 6.23. The number of para-hydroxylation sites is 2. The molecule has 0 unspecified atom stereocenters. The van der Waals surface area contributed by atoms with Gasteiger partial charge in [-0.1, -0.05) is 123 Å². The van der Waals surface area contributed by atoms with Gasteiger partial charge in [-0.05, 0) is 59.7 Å². The fourth-order valence-electron chi connectivity index (χ4n) is 8.86. The van der Waals surface area contributed by atoms with Crippen molar-refractivity contribution in [3.63, 3.8) is 0 Å². The van der Waals surface area contributed by atoms with Crippen molar-refractivity contribution in [1.82, 2.24) is 24.1 Å². The van der Waals surface area contributed by atoms with Gasteiger partial charge in [0.1, 0.15) is 0 Å². The zero-order valence-electron chi connectivity index (χ0n) is 29.3. The molecule has 0 amide bonds. The third-order valence-electron chi connectivity index (χ3n) is 11.2. The van der Waals surface area contributed by atoms with Crippen molar-refractivity contribution in [2.24, 2.45) is 0 Å². The van der Waals surface area contributed by atoms with Crippen molar-refractivity contribution < 1.29 is 0 Å². The second kappa shape index (κ2) is 11.1. The van der Waals surface area contributed by atoms with Crippen LogP contribution in [0.25, 0.3) is 89.0 Å². The fourth-order valence-corrected chi connectivity index (χ4v) is 8.86. The standard InChI is InChI=1S/C48H33N5/c1-48(2)37-21-11-9-19-33(37)46-43(48)35-25-27-41-42(45(35)52(46)32-17-7-4-8-18-32)36-29-31(38-22-13-14-28-49-38)24-26-40(36)53(41)47-50-39-23-12-10-20-34(39)44(51-47)30-15-5-3-6-16-30/h3-29H,1-2H3. The lowest BCUT2D eigenvalue weighted by Gasteiger charge is -2.21. The molecule has 5 heteroatoms. The molecule has 4 heterocycles. The number of aromatic nitrogens is 5. The van der Waals surface area contributed by atoms with E-state index in [-0.39, 0.29) is 5.41 Å². The Hall–Kier alpha value is -6.85. The summed E-state index contributed by atoms with van der Waals surface area (Å²) < 4.78 is 4.77. The molecule has 10 aromatic rings. The molecule has 6 aromatic carbocycles. The van der Waals surface area contributed by atoms with Crippen LogP contribution < -0.4 is 0 Å². The monoisotopic (exact) mass is 679 g/mol. The number of benzene rings is 6. The fraction of sp³-hybridized carbons (Fsp3) is 0.0625. The highest BCUT2D eigenvalue weighted by Gasteiger charge is 2.41. The van der Waals surface area contributed by atoms with E-state index in [4.69, 9.17) is 15.0 Å². The summed E-state index contributed by atoms with van der Waals surface area (Å²) >= 11 is 0. The summed E-state index contributed by atoms with van der Waals surface area (Å²) in [5, 5.41) is 4.58. The smallest absolute Gasteiger partial charge is 0.235 e. The van der Waals surface area contributed by atoms with Crippen LogP contribution in [0.1, 0.15) is 25.0 Å². The average Bonchev–Trinajstić information content (AvgIpc) is 3.82. The van der Waals surface area contributed by atoms with Gasteiger partial charge in [0.15, 0.2) is 0 Å². The molecule has 0 aliphatic heterocycles. The van der Waals surface area contributed by atoms with Crippen LogP contribution in [-0.4, -0.2) is 24.1 Å². The first-order chi connectivity index (χ1) is 26.1. The normalized spacial score (nSPS) is 13.2. The van der Waals surface area contributed by atoms with E-state index in [0.717, 1.165) is 55.5 Å². The van der Waals surface area contributed by atoms with Crippen molar-refractivity contribution >= 4 is 43.6 Å². The van der Waals surface area contributed by atoms with E-state index in [0.29, 0.717) is 5.95 Å². The van der Waals surface area contributed by atoms with Gasteiger partial charge in [-0.25, -0.2) is 9.97 Å². The molecule has 4 aromatic heterocycles. The van der Waals surface area contributed by atoms with Crippen LogP contribution in [-0.2, 0) is 5.41 Å². The van der Waals surface area contributed by atoms with Gasteiger partial charge in [0, 0.05) is 55.5 Å². The Morgan fingerprint density at radius 1 is 0.547 bits per heavy atom. The minimum absolute atomic E-state index is 0.193. The van der Waals surface area contributed by atoms with E-state index >= 15 is 0 Å². The van der Waals surface area contributed by atoms with Gasteiger partial charge in [0.25, 0.3) is 0 Å². The molecule has 0 N–H and O–H groups in total. The van der Waals surface area contributed by atoms with Crippen molar-refractivity contribution in [3.8, 4) is 45.4 Å². The Bertz CT molecular complexity index is 3060. The molecule has 0 saturated carbocycles. The third kappa shape index (κ3) is 4.22. The van der Waals surface area contributed by atoms with Gasteiger partial charge in [0.2, 0.25) is 5.95 Å². The van der Waals surface area contributed by atoms with E-state index in [9.17, 15) is 0 Å². The van der Waals surface area contributed by atoms with E-state index < -0.39 is 0 Å². The zero-order valence-corrected chi connectivity index (χ0v) is 29.3. The lowest BCUT2D eigenvalue weighted by Crippen LogP contribution is -2.14. The maximum atomic E-state index is 5.39. The van der Waals surface area contributed by atoms with Crippen LogP contribution in [0.3, 0.4) is 0 Å². The first-order valence-electron chi connectivity index (χ1n) is 18.1. The summed E-state index contributed by atoms with van der Waals surface area (Å²) in [5.74, 6) is 0.642. The number of hydrogen-bond donors (Lipinski definition) is 0. The average molecular weight is 680 g/mol. The molecule has 1 aliphatic carbocycles. The first kappa shape index (κ1) is 29.8. The molecular formula is C48H33N5. The van der Waals surface area contributed by atoms with Gasteiger partial charge >= 0.3 is 0 Å². The Labute approximate surface area is 306 Å². The predicted molar refractivity (Wildman–Crippen MR) is 217 cm³/mol. The van der Waals surface area contributed by atoms with E-state index in [2.05, 4.69) is 163 Å². The number of fused-ring (bicyclic) bond motifs is 10. The maximum Gasteiger partial charge on any atom is 0.235 e. The zero-order chi connectivity index (χ0) is 35.3. The first-order valence-corrected chi connectivity index (χ1v) is 18.1. The largest absolute Gasteiger partial charge is 0.308 e. The molecule has 5 nitrogen and oxygen atoms in total. The van der Waals surface area contributed by atoms with Gasteiger partial charge < -0.3 is 4.57 Å². The summed E-state index contributed by atoms with van der Waals surface area (Å²) in [6.45, 7) is 4.74. The van der Waals surface area contributed by atoms with E-state index in [1.165, 1.54) is 38.7 Å². The van der Waals surface area contributed by atoms with Crippen LogP contribution in [0.15, 0.2) is 164 Å². The van der Waals surface area contributed by atoms with Gasteiger partial charge in [-0.15, -0.1) is 0 Å². The Morgan fingerprint density at radius 2 is 1.28 bits per heavy atom. The van der Waals surface area contributed by atoms with Crippen LogP contribution in [0.5, 0.6) is 0 Å². The maximum absolute atomic E-state index is 5.39. The summed E-state index contributed by atoms with van der Waals surface area (Å²) in [6, 6.07) is 55.9. The van der Waals surface area contributed by atoms with Crippen molar-refractivity contribution in [3.05, 3.63) is 175 Å². The molecule has 0 bridgehead atoms. The molecule has 0 saturated heterocycles. The molecule has 0 atom stereocenters. The number of pyridine rings is 1. The third-order valence-corrected chi connectivity index (χ3v) is 11.2. The molecule has 53 heavy (non-hydrogen) atoms. The number of hydrogen-bond acceptors (Lipinski definition) is 3. The van der Waals surface area contributed by atoms with Crippen LogP contribution in [0.4, 0.5) is 0 Å². The number of nitrogens with zero attached hydrogens (tertiary/aromatic N) is 5. The summed E-state index contributed by atoms with van der Waals surface area (Å²) in [6.07, 6.45) is 1.86. The van der Waals surface area contributed by atoms with Crippen molar-refractivity contribution in [1.29, 1.82) is 0 Å². The Morgan fingerprint density at radius 3 is 2.11 bits per heavy atom. The van der Waals surface area contributed by atoms with Crippen molar-refractivity contribution in [2.45, 2.75) is 19.3 Å². The molecule has 0 radical (unpaired) electrons. The Kier molecular flexibility index (Phi) is 6.23. The van der Waals surface area contributed by atoms with E-state index in [1.807, 2.05) is 24.4 Å². The number of rotatable bonds is 4. The highest BCUT2D eigenvalue weighted by Crippen LogP contribution is 2.55. The minimum atomic E-state index is -0.193. The SMILES string of the molecule is CC1(C)c2ccccc2-c2c1c1ccc3c(c4cc(-c5ccccn5)ccc4n3-c3nc(-c4ccccc4)c4ccccc4n3)c1n2-c1ccccc1. The summed E-state index contributed by atoms with van der Waals surface area (Å²) in [4.78, 5) is 15.4. The highest BCUT2D eigenvalue weighted by atomic mass is 15.2. The lowest BCUT2D eigenvalue weighted by atomic mass is 9.81. The molecule has 250 valence electrons. The Balaban J connectivity index is 1.33. The molecule has 11 rings (SSSR count). The second-order valence-electron chi connectivity index (χ2n) is 14.5. The minimum Gasteiger partial charge on any atom is -0.308 e. The van der Waals surface area contributed by atoms with Gasteiger partial charge in [-0.3, -0.25) is 9.55 Å². The van der Waals surface area contributed by atoms with Crippen LogP contribution in [0, 0.1) is 0 Å². The summed E-state index contributed by atoms with van der Waals surface area (Å²) in [5.41, 5.74) is 14.4. The van der Waals surface area contributed by atoms with Gasteiger partial charge in [-0.2, -0.15) is 0 Å². The topological polar surface area (TPSA) is 48.5 Å². The predicted octanol–water partition coefficient (Wildman–Crippen LogP) is 11.7. The quantitative estimate of drug-likeness (QED) is 0.186. The van der Waals surface area contributed by atoms with Crippen LogP contribution in [0.2, 0.25) is 0 Å². The van der Waals surface area contributed by atoms with E-state index in [1.54, 1.807) is 0 Å². The lowest BCUT2D eigenvalue weighted by molar-refractivity contribution is 0.666. The summed E-state index contributed by atoms with van der Waals surface area (Å²) in [7, 11) is 0. The molecule has 0 fully saturated rings. The second-order valence-corrected chi connectivity index (χ2v) is 14.5. The molecular weight excluding hydrogens is 647 g/mol. The molecule has 1 aliphatic rings. The van der Waals surface area contributed by atoms with Crippen molar-refractivity contribution in [2.75, 3.05) is 0 Å². The van der Waals surface area contributed by atoms with Gasteiger partial charge in [0.05, 0.1) is 39.1 Å².